The fraction of sp³-hybridized carbons (Fsp3) is 0.160. The van der Waals surface area contributed by atoms with Gasteiger partial charge in [0.15, 0.2) is 0 Å². The van der Waals surface area contributed by atoms with Gasteiger partial charge in [-0.3, -0.25) is 0 Å². The van der Waals surface area contributed by atoms with Crippen molar-refractivity contribution in [3.63, 3.8) is 0 Å². The molecule has 2 heterocycles. The van der Waals surface area contributed by atoms with E-state index in [1.807, 2.05) is 47.5 Å². The van der Waals surface area contributed by atoms with E-state index in [-0.39, 0.29) is 5.97 Å². The van der Waals surface area contributed by atoms with E-state index < -0.39 is 5.54 Å². The number of aromatic amines is 1. The van der Waals surface area contributed by atoms with Crippen molar-refractivity contribution in [1.29, 1.82) is 0 Å². The zero-order valence-corrected chi connectivity index (χ0v) is 16.3. The fourth-order valence-electron chi connectivity index (χ4n) is 4.35. The van der Waals surface area contributed by atoms with Crippen LogP contribution in [0.1, 0.15) is 34.1 Å². The summed E-state index contributed by atoms with van der Waals surface area (Å²) in [5.74, 6) is -0.340. The summed E-state index contributed by atoms with van der Waals surface area (Å²) >= 11 is 0. The smallest absolute Gasteiger partial charge is 0.357 e. The molecule has 0 saturated heterocycles. The highest BCUT2D eigenvalue weighted by atomic mass is 16.7. The lowest BCUT2D eigenvalue weighted by Gasteiger charge is -2.43. The molecule has 0 saturated carbocycles. The first-order valence-electron chi connectivity index (χ1n) is 9.88. The minimum atomic E-state index is -0.613. The molecule has 3 aromatic carbocycles. The van der Waals surface area contributed by atoms with Gasteiger partial charge in [0, 0.05) is 23.1 Å². The van der Waals surface area contributed by atoms with Crippen LogP contribution >= 0.6 is 0 Å². The minimum Gasteiger partial charge on any atom is -0.363 e. The van der Waals surface area contributed by atoms with Gasteiger partial charge in [-0.1, -0.05) is 66.7 Å². The summed E-state index contributed by atoms with van der Waals surface area (Å²) < 4.78 is 0. The molecule has 0 radical (unpaired) electrons. The van der Waals surface area contributed by atoms with E-state index in [1.165, 1.54) is 10.9 Å². The number of hydrogen-bond acceptors (Lipinski definition) is 3. The molecule has 0 amide bonds. The Balaban J connectivity index is 1.63. The van der Waals surface area contributed by atoms with Gasteiger partial charge in [-0.25, -0.2) is 4.79 Å². The van der Waals surface area contributed by atoms with Crippen molar-refractivity contribution in [3.8, 4) is 0 Å². The normalized spacial score (nSPS) is 19.1. The third-order valence-electron chi connectivity index (χ3n) is 5.90. The van der Waals surface area contributed by atoms with Gasteiger partial charge in [0.2, 0.25) is 0 Å². The van der Waals surface area contributed by atoms with Gasteiger partial charge in [0.25, 0.3) is 0 Å². The molecular weight excluding hydrogens is 360 g/mol. The highest BCUT2D eigenvalue weighted by Crippen LogP contribution is 2.43. The Labute approximate surface area is 169 Å². The highest BCUT2D eigenvalue weighted by Gasteiger charge is 2.44. The molecule has 1 atom stereocenters. The van der Waals surface area contributed by atoms with E-state index in [0.29, 0.717) is 12.1 Å². The first-order chi connectivity index (χ1) is 14.2. The molecule has 29 heavy (non-hydrogen) atoms. The van der Waals surface area contributed by atoms with Gasteiger partial charge >= 0.3 is 5.97 Å². The second kappa shape index (κ2) is 6.90. The molecule has 5 rings (SSSR count). The van der Waals surface area contributed by atoms with Crippen molar-refractivity contribution >= 4 is 16.9 Å². The van der Waals surface area contributed by atoms with Crippen LogP contribution in [-0.2, 0) is 16.8 Å². The maximum Gasteiger partial charge on any atom is 0.357 e. The Kier molecular flexibility index (Phi) is 4.22. The SMILES string of the molecule is C[C@@]1(c2ccccc2)c2[nH]c3ccccc3c2CCN1OC(=O)c1ccccc1. The molecule has 4 heteroatoms. The molecule has 1 aromatic heterocycles. The summed E-state index contributed by atoms with van der Waals surface area (Å²) in [6.45, 7) is 2.74. The number of hydrogen-bond donors (Lipinski definition) is 1. The highest BCUT2D eigenvalue weighted by molar-refractivity contribution is 5.89. The number of carbonyl (C=O) groups excluding carboxylic acids is 1. The van der Waals surface area contributed by atoms with Crippen LogP contribution in [0.3, 0.4) is 0 Å². The maximum absolute atomic E-state index is 12.8. The zero-order chi connectivity index (χ0) is 19.8. The monoisotopic (exact) mass is 382 g/mol. The van der Waals surface area contributed by atoms with Gasteiger partial charge in [0.05, 0.1) is 5.56 Å². The molecular formula is C25H22N2O2. The Morgan fingerprint density at radius 1 is 0.931 bits per heavy atom. The lowest BCUT2D eigenvalue weighted by atomic mass is 9.82. The molecule has 0 unspecified atom stereocenters. The number of H-pyrrole nitrogens is 1. The lowest BCUT2D eigenvalue weighted by Crippen LogP contribution is -2.50. The third-order valence-corrected chi connectivity index (χ3v) is 5.90. The standard InChI is InChI=1S/C25H22N2O2/c1-25(19-12-6-3-7-13-19)23-21(20-14-8-9-15-22(20)26-23)16-17-27(25)29-24(28)18-10-4-2-5-11-18/h2-15,26H,16-17H2,1H3/t25-/m1/s1. The van der Waals surface area contributed by atoms with Crippen molar-refractivity contribution in [3.05, 3.63) is 107 Å². The van der Waals surface area contributed by atoms with Crippen LogP contribution in [0, 0.1) is 0 Å². The van der Waals surface area contributed by atoms with E-state index >= 15 is 0 Å². The third kappa shape index (κ3) is 2.84. The number of carbonyl (C=O) groups is 1. The second-order valence-corrected chi connectivity index (χ2v) is 7.56. The van der Waals surface area contributed by atoms with Crippen LogP contribution in [0.15, 0.2) is 84.9 Å². The van der Waals surface area contributed by atoms with Crippen LogP contribution in [0.5, 0.6) is 0 Å². The predicted molar refractivity (Wildman–Crippen MR) is 113 cm³/mol. The number of nitrogens with zero attached hydrogens (tertiary/aromatic N) is 1. The second-order valence-electron chi connectivity index (χ2n) is 7.56. The quantitative estimate of drug-likeness (QED) is 0.539. The molecule has 4 aromatic rings. The van der Waals surface area contributed by atoms with Gasteiger partial charge in [-0.2, -0.15) is 0 Å². The molecule has 1 aliphatic heterocycles. The van der Waals surface area contributed by atoms with Crippen LogP contribution in [0.2, 0.25) is 0 Å². The molecule has 0 aliphatic carbocycles. The first kappa shape index (κ1) is 17.7. The van der Waals surface area contributed by atoms with Crippen molar-refractivity contribution in [2.24, 2.45) is 0 Å². The van der Waals surface area contributed by atoms with Gasteiger partial charge in [-0.05, 0) is 42.7 Å². The summed E-state index contributed by atoms with van der Waals surface area (Å²) in [5, 5.41) is 3.06. The lowest BCUT2D eigenvalue weighted by molar-refractivity contribution is -0.169. The van der Waals surface area contributed by atoms with Crippen LogP contribution < -0.4 is 0 Å². The maximum atomic E-state index is 12.8. The molecule has 0 fully saturated rings. The average Bonchev–Trinajstić information content (AvgIpc) is 3.17. The zero-order valence-electron chi connectivity index (χ0n) is 16.3. The number of nitrogens with one attached hydrogen (secondary N) is 1. The van der Waals surface area contributed by atoms with E-state index in [1.54, 1.807) is 12.1 Å². The largest absolute Gasteiger partial charge is 0.363 e. The Hall–Kier alpha value is -3.37. The Morgan fingerprint density at radius 3 is 2.34 bits per heavy atom. The summed E-state index contributed by atoms with van der Waals surface area (Å²) in [5.41, 5.74) is 4.49. The van der Waals surface area contributed by atoms with Gasteiger partial charge < -0.3 is 9.82 Å². The van der Waals surface area contributed by atoms with E-state index in [9.17, 15) is 4.79 Å². The molecule has 1 N–H and O–H groups in total. The summed E-state index contributed by atoms with van der Waals surface area (Å²) in [7, 11) is 0. The molecule has 0 bridgehead atoms. The van der Waals surface area contributed by atoms with Crippen LogP contribution in [0.4, 0.5) is 0 Å². The number of para-hydroxylation sites is 1. The number of benzene rings is 3. The van der Waals surface area contributed by atoms with E-state index in [4.69, 9.17) is 4.84 Å². The summed E-state index contributed by atoms with van der Waals surface area (Å²) in [6.07, 6.45) is 0.809. The van der Waals surface area contributed by atoms with E-state index in [0.717, 1.165) is 23.2 Å². The van der Waals surface area contributed by atoms with Crippen molar-refractivity contribution < 1.29 is 9.63 Å². The van der Waals surface area contributed by atoms with Gasteiger partial charge in [-0.15, -0.1) is 5.06 Å². The Morgan fingerprint density at radius 2 is 1.59 bits per heavy atom. The Bertz CT molecular complexity index is 1170. The molecule has 4 nitrogen and oxygen atoms in total. The van der Waals surface area contributed by atoms with Crippen molar-refractivity contribution in [2.75, 3.05) is 6.54 Å². The molecule has 0 spiro atoms. The number of fused-ring (bicyclic) bond motifs is 3. The number of hydroxylamine groups is 2. The first-order valence-corrected chi connectivity index (χ1v) is 9.88. The number of aromatic nitrogens is 1. The van der Waals surface area contributed by atoms with Gasteiger partial charge in [0.1, 0.15) is 5.54 Å². The topological polar surface area (TPSA) is 45.3 Å². The van der Waals surface area contributed by atoms with Crippen LogP contribution in [-0.4, -0.2) is 22.6 Å². The minimum absolute atomic E-state index is 0.340. The van der Waals surface area contributed by atoms with Crippen LogP contribution in [0.25, 0.3) is 10.9 Å². The average molecular weight is 382 g/mol. The fourth-order valence-corrected chi connectivity index (χ4v) is 4.35. The summed E-state index contributed by atoms with van der Waals surface area (Å²) in [4.78, 5) is 22.4. The molecule has 144 valence electrons. The molecule has 1 aliphatic rings. The number of rotatable bonds is 3. The van der Waals surface area contributed by atoms with Crippen molar-refractivity contribution in [1.82, 2.24) is 10.0 Å². The van der Waals surface area contributed by atoms with Crippen molar-refractivity contribution in [2.45, 2.75) is 18.9 Å². The predicted octanol–water partition coefficient (Wildman–Crippen LogP) is 5.06. The summed E-state index contributed by atoms with van der Waals surface area (Å²) in [6, 6.07) is 27.7. The van der Waals surface area contributed by atoms with E-state index in [2.05, 4.69) is 42.2 Å².